The fourth-order valence-corrected chi connectivity index (χ4v) is 4.90. The van der Waals surface area contributed by atoms with Crippen LogP contribution >= 0.6 is 0 Å². The van der Waals surface area contributed by atoms with Crippen LogP contribution in [0.3, 0.4) is 0 Å². The molecule has 0 radical (unpaired) electrons. The maximum Gasteiger partial charge on any atom is 0.310 e. The molecule has 6 heteroatoms. The number of fused-ring (bicyclic) bond motifs is 1. The van der Waals surface area contributed by atoms with Gasteiger partial charge >= 0.3 is 5.97 Å². The van der Waals surface area contributed by atoms with Crippen LogP contribution in [0.25, 0.3) is 33.2 Å². The summed E-state index contributed by atoms with van der Waals surface area (Å²) < 4.78 is 7.49. The van der Waals surface area contributed by atoms with Crippen molar-refractivity contribution >= 4 is 22.8 Å². The number of primary amides is 1. The van der Waals surface area contributed by atoms with Crippen molar-refractivity contribution in [1.29, 1.82) is 0 Å². The molecule has 184 valence electrons. The number of aromatic nitrogens is 1. The summed E-state index contributed by atoms with van der Waals surface area (Å²) in [7, 11) is 0. The number of esters is 1. The van der Waals surface area contributed by atoms with Crippen molar-refractivity contribution in [3.8, 4) is 22.3 Å². The molecule has 1 aliphatic rings. The Bertz CT molecular complexity index is 1450. The number of hydrogen-bond acceptors (Lipinski definition) is 4. The lowest BCUT2D eigenvalue weighted by Gasteiger charge is -2.13. The van der Waals surface area contributed by atoms with Crippen LogP contribution in [-0.2, 0) is 29.0 Å². The van der Waals surface area contributed by atoms with E-state index in [0.29, 0.717) is 24.6 Å². The van der Waals surface area contributed by atoms with Gasteiger partial charge in [0.15, 0.2) is 0 Å². The van der Waals surface area contributed by atoms with Crippen molar-refractivity contribution in [1.82, 2.24) is 4.57 Å². The second-order valence-electron chi connectivity index (χ2n) is 9.46. The van der Waals surface area contributed by atoms with E-state index >= 15 is 0 Å². The van der Waals surface area contributed by atoms with E-state index in [1.165, 1.54) is 12.8 Å². The van der Waals surface area contributed by atoms with Crippen molar-refractivity contribution in [3.05, 3.63) is 83.6 Å². The number of rotatable bonds is 9. The first-order chi connectivity index (χ1) is 17.5. The zero-order chi connectivity index (χ0) is 25.2. The maximum absolute atomic E-state index is 12.4. The van der Waals surface area contributed by atoms with Crippen molar-refractivity contribution in [2.75, 3.05) is 6.61 Å². The van der Waals surface area contributed by atoms with Gasteiger partial charge < -0.3 is 20.8 Å². The fourth-order valence-electron chi connectivity index (χ4n) is 4.90. The molecule has 6 nitrogen and oxygen atoms in total. The second kappa shape index (κ2) is 9.99. The molecular weight excluding hydrogens is 450 g/mol. The predicted octanol–water partition coefficient (Wildman–Crippen LogP) is 5.05. The Balaban J connectivity index is 1.79. The van der Waals surface area contributed by atoms with E-state index in [1.807, 2.05) is 61.5 Å². The largest absolute Gasteiger partial charge is 0.466 e. The first kappa shape index (κ1) is 23.8. The second-order valence-corrected chi connectivity index (χ2v) is 9.46. The molecule has 1 aromatic heterocycles. The minimum atomic E-state index is -0.462. The van der Waals surface area contributed by atoms with Crippen molar-refractivity contribution in [3.63, 3.8) is 0 Å². The highest BCUT2D eigenvalue weighted by atomic mass is 16.5. The van der Waals surface area contributed by atoms with Crippen LogP contribution in [-0.4, -0.2) is 23.1 Å². The zero-order valence-electron chi connectivity index (χ0n) is 20.5. The zero-order valence-corrected chi connectivity index (χ0v) is 20.5. The van der Waals surface area contributed by atoms with Gasteiger partial charge in [-0.15, -0.1) is 0 Å². The molecule has 0 unspecified atom stereocenters. The number of hydrogen-bond donors (Lipinski definition) is 2. The van der Waals surface area contributed by atoms with Crippen LogP contribution in [0.2, 0.25) is 0 Å². The SMILES string of the molecule is CCOC(=O)Cc1ccccc1-c1cn(CC2CC2)c2cc(C(N)=O)cc(-c3cccc(CN)c3)c12. The van der Waals surface area contributed by atoms with Gasteiger partial charge in [-0.25, -0.2) is 0 Å². The Hall–Kier alpha value is -3.90. The molecule has 0 atom stereocenters. The Morgan fingerprint density at radius 2 is 1.81 bits per heavy atom. The Labute approximate surface area is 210 Å². The van der Waals surface area contributed by atoms with Gasteiger partial charge in [-0.05, 0) is 71.7 Å². The summed E-state index contributed by atoms with van der Waals surface area (Å²) in [6, 6.07) is 19.8. The summed E-state index contributed by atoms with van der Waals surface area (Å²) in [5.74, 6) is -0.0837. The van der Waals surface area contributed by atoms with E-state index < -0.39 is 5.91 Å². The minimum Gasteiger partial charge on any atom is -0.466 e. The molecule has 0 spiro atoms. The van der Waals surface area contributed by atoms with E-state index in [1.54, 1.807) is 0 Å². The Morgan fingerprint density at radius 3 is 2.53 bits per heavy atom. The van der Waals surface area contributed by atoms with Gasteiger partial charge in [-0.2, -0.15) is 0 Å². The lowest BCUT2D eigenvalue weighted by molar-refractivity contribution is -0.142. The standard InChI is InChI=1S/C30H31N3O3/c1-2-36-28(34)15-22-7-3-4-9-24(22)26-18-33(17-19-10-11-19)27-14-23(30(32)35)13-25(29(26)27)21-8-5-6-20(12-21)16-31/h3-9,12-14,18-19H,2,10-11,15-17,31H2,1H3,(H2,32,35). The molecule has 1 heterocycles. The summed E-state index contributed by atoms with van der Waals surface area (Å²) in [5, 5.41) is 1.03. The molecule has 4 N–H and O–H groups in total. The highest BCUT2D eigenvalue weighted by Crippen LogP contribution is 2.42. The molecule has 1 aliphatic carbocycles. The molecule has 5 rings (SSSR count). The molecule has 0 aliphatic heterocycles. The molecule has 0 saturated heterocycles. The first-order valence-electron chi connectivity index (χ1n) is 12.5. The number of benzene rings is 3. The quantitative estimate of drug-likeness (QED) is 0.327. The molecule has 1 amide bonds. The van der Waals surface area contributed by atoms with E-state index in [0.717, 1.165) is 50.8 Å². The highest BCUT2D eigenvalue weighted by molar-refractivity contribution is 6.10. The molecule has 4 aromatic rings. The first-order valence-corrected chi connectivity index (χ1v) is 12.5. The van der Waals surface area contributed by atoms with Gasteiger partial charge in [0.1, 0.15) is 0 Å². The summed E-state index contributed by atoms with van der Waals surface area (Å²) in [5.41, 5.74) is 19.0. The van der Waals surface area contributed by atoms with Crippen LogP contribution < -0.4 is 11.5 Å². The predicted molar refractivity (Wildman–Crippen MR) is 142 cm³/mol. The third kappa shape index (κ3) is 4.77. The fraction of sp³-hybridized carbons (Fsp3) is 0.267. The Morgan fingerprint density at radius 1 is 1.00 bits per heavy atom. The van der Waals surface area contributed by atoms with Gasteiger partial charge in [0.25, 0.3) is 0 Å². The summed E-state index contributed by atoms with van der Waals surface area (Å²) >= 11 is 0. The number of amides is 1. The van der Waals surface area contributed by atoms with Crippen molar-refractivity contribution < 1.29 is 14.3 Å². The van der Waals surface area contributed by atoms with Gasteiger partial charge in [-0.1, -0.05) is 42.5 Å². The van der Waals surface area contributed by atoms with E-state index in [4.69, 9.17) is 16.2 Å². The van der Waals surface area contributed by atoms with Crippen LogP contribution in [0.5, 0.6) is 0 Å². The number of nitrogens with zero attached hydrogens (tertiary/aromatic N) is 1. The summed E-state index contributed by atoms with van der Waals surface area (Å²) in [6.07, 6.45) is 4.76. The number of carbonyl (C=O) groups excluding carboxylic acids is 2. The van der Waals surface area contributed by atoms with Crippen LogP contribution in [0, 0.1) is 5.92 Å². The lowest BCUT2D eigenvalue weighted by atomic mass is 9.91. The Kier molecular flexibility index (Phi) is 6.61. The van der Waals surface area contributed by atoms with Crippen molar-refractivity contribution in [2.24, 2.45) is 17.4 Å². The molecule has 3 aromatic carbocycles. The van der Waals surface area contributed by atoms with Gasteiger partial charge in [0.05, 0.1) is 18.5 Å². The van der Waals surface area contributed by atoms with E-state index in [2.05, 4.69) is 16.8 Å². The molecule has 36 heavy (non-hydrogen) atoms. The number of carbonyl (C=O) groups is 2. The molecule has 1 fully saturated rings. The van der Waals surface area contributed by atoms with E-state index in [9.17, 15) is 9.59 Å². The third-order valence-corrected chi connectivity index (χ3v) is 6.84. The maximum atomic E-state index is 12.4. The smallest absolute Gasteiger partial charge is 0.310 e. The van der Waals surface area contributed by atoms with Gasteiger partial charge in [0.2, 0.25) is 5.91 Å². The lowest BCUT2D eigenvalue weighted by Crippen LogP contribution is -2.11. The van der Waals surface area contributed by atoms with Crippen molar-refractivity contribution in [2.45, 2.75) is 39.3 Å². The summed E-state index contributed by atoms with van der Waals surface area (Å²) in [6.45, 7) is 3.46. The number of ether oxygens (including phenoxy) is 1. The van der Waals surface area contributed by atoms with E-state index in [-0.39, 0.29) is 12.4 Å². The van der Waals surface area contributed by atoms with Crippen LogP contribution in [0.15, 0.2) is 66.9 Å². The number of nitrogens with two attached hydrogens (primary N) is 2. The highest BCUT2D eigenvalue weighted by Gasteiger charge is 2.25. The molecular formula is C30H31N3O3. The molecule has 0 bridgehead atoms. The average Bonchev–Trinajstić information content (AvgIpc) is 3.63. The minimum absolute atomic E-state index is 0.191. The van der Waals surface area contributed by atoms with Gasteiger partial charge in [0, 0.05) is 35.8 Å². The topological polar surface area (TPSA) is 100 Å². The average molecular weight is 482 g/mol. The van der Waals surface area contributed by atoms with Crippen LogP contribution in [0.1, 0.15) is 41.3 Å². The van der Waals surface area contributed by atoms with Gasteiger partial charge in [-0.3, -0.25) is 9.59 Å². The van der Waals surface area contributed by atoms with Crippen LogP contribution in [0.4, 0.5) is 0 Å². The normalized spacial score (nSPS) is 13.2. The third-order valence-electron chi connectivity index (χ3n) is 6.84. The monoisotopic (exact) mass is 481 g/mol. The molecule has 1 saturated carbocycles. The summed E-state index contributed by atoms with van der Waals surface area (Å²) in [4.78, 5) is 24.8.